The summed E-state index contributed by atoms with van der Waals surface area (Å²) < 4.78 is 5.75. The number of carbonyl (C=O) groups is 2. The maximum Gasteiger partial charge on any atom is 0.251 e. The average molecular weight is 294 g/mol. The maximum absolute atomic E-state index is 11.9. The van der Waals surface area contributed by atoms with Crippen LogP contribution < -0.4 is 11.1 Å². The molecule has 6 heteroatoms. The lowest BCUT2D eigenvalue weighted by molar-refractivity contribution is -0.117. The Balaban J connectivity index is 2.02. The molecule has 0 saturated heterocycles. The van der Waals surface area contributed by atoms with Gasteiger partial charge < -0.3 is 15.8 Å². The lowest BCUT2D eigenvalue weighted by Gasteiger charge is -2.30. The maximum atomic E-state index is 11.9. The number of nitrogens with two attached hydrogens (primary N) is 1. The molecule has 20 heavy (non-hydrogen) atoms. The molecule has 108 valence electrons. The summed E-state index contributed by atoms with van der Waals surface area (Å²) in [6, 6.07) is 0. The molecule has 0 aromatic carbocycles. The number of nitrogens with one attached hydrogen (secondary N) is 1. The van der Waals surface area contributed by atoms with Crippen LogP contribution in [0, 0.1) is 5.92 Å². The molecule has 2 aliphatic rings. The molecule has 0 atom stereocenters. The zero-order valence-corrected chi connectivity index (χ0v) is 12.4. The highest BCUT2D eigenvalue weighted by molar-refractivity contribution is 7.17. The van der Waals surface area contributed by atoms with Crippen molar-refractivity contribution in [2.45, 2.75) is 38.7 Å². The first-order valence-electron chi connectivity index (χ1n) is 6.81. The van der Waals surface area contributed by atoms with Crippen LogP contribution >= 0.6 is 11.3 Å². The van der Waals surface area contributed by atoms with Crippen LogP contribution in [0.4, 0.5) is 5.00 Å². The topological polar surface area (TPSA) is 81.4 Å². The summed E-state index contributed by atoms with van der Waals surface area (Å²) in [5.74, 6) is -0.393. The van der Waals surface area contributed by atoms with Crippen molar-refractivity contribution < 1.29 is 14.3 Å². The van der Waals surface area contributed by atoms with Crippen molar-refractivity contribution in [2.24, 2.45) is 11.7 Å². The van der Waals surface area contributed by atoms with Crippen LogP contribution in [0.2, 0.25) is 0 Å². The van der Waals surface area contributed by atoms with Gasteiger partial charge in [0.2, 0.25) is 5.91 Å². The third-order valence-corrected chi connectivity index (χ3v) is 5.25. The summed E-state index contributed by atoms with van der Waals surface area (Å²) in [4.78, 5) is 24.7. The zero-order valence-electron chi connectivity index (χ0n) is 11.6. The van der Waals surface area contributed by atoms with E-state index in [1.54, 1.807) is 0 Å². The Hall–Kier alpha value is -1.40. The molecule has 1 aromatic rings. The largest absolute Gasteiger partial charge is 0.370 e. The monoisotopic (exact) mass is 294 g/mol. The van der Waals surface area contributed by atoms with E-state index in [2.05, 4.69) is 5.32 Å². The normalized spacial score (nSPS) is 20.3. The molecule has 5 nitrogen and oxygen atoms in total. The Kier molecular flexibility index (Phi) is 3.10. The second kappa shape index (κ2) is 4.56. The minimum atomic E-state index is -0.480. The van der Waals surface area contributed by atoms with Gasteiger partial charge in [-0.25, -0.2) is 0 Å². The molecule has 1 fully saturated rings. The molecule has 0 spiro atoms. The number of thiophene rings is 1. The Morgan fingerprint density at radius 3 is 2.70 bits per heavy atom. The number of anilines is 1. The Morgan fingerprint density at radius 2 is 2.10 bits per heavy atom. The number of amides is 2. The van der Waals surface area contributed by atoms with Gasteiger partial charge in [-0.2, -0.15) is 0 Å². The quantitative estimate of drug-likeness (QED) is 0.894. The fraction of sp³-hybridized carbons (Fsp3) is 0.571. The number of hydrogen-bond donors (Lipinski definition) is 2. The third-order valence-electron chi connectivity index (χ3n) is 3.80. The molecule has 0 unspecified atom stereocenters. The summed E-state index contributed by atoms with van der Waals surface area (Å²) in [5.41, 5.74) is 6.48. The van der Waals surface area contributed by atoms with Gasteiger partial charge in [0.05, 0.1) is 17.8 Å². The molecule has 1 saturated carbocycles. The van der Waals surface area contributed by atoms with Crippen LogP contribution in [-0.2, 0) is 21.6 Å². The van der Waals surface area contributed by atoms with Gasteiger partial charge >= 0.3 is 0 Å². The molecule has 2 heterocycles. The van der Waals surface area contributed by atoms with E-state index in [9.17, 15) is 9.59 Å². The van der Waals surface area contributed by atoms with Crippen molar-refractivity contribution in [2.75, 3.05) is 11.9 Å². The fourth-order valence-electron chi connectivity index (χ4n) is 2.57. The molecule has 1 aromatic heterocycles. The van der Waals surface area contributed by atoms with Crippen molar-refractivity contribution in [1.29, 1.82) is 0 Å². The molecule has 0 radical (unpaired) electrons. The minimum Gasteiger partial charge on any atom is -0.370 e. The summed E-state index contributed by atoms with van der Waals surface area (Å²) >= 11 is 1.41. The second-order valence-corrected chi connectivity index (χ2v) is 6.87. The standard InChI is InChI=1S/C14H18N2O3S/c1-14(2)10-8(5-6-19-14)9(11(15)17)13(20-10)16-12(18)7-3-4-7/h7H,3-6H2,1-2H3,(H2,15,17)(H,16,18). The Morgan fingerprint density at radius 1 is 1.40 bits per heavy atom. The van der Waals surface area contributed by atoms with E-state index in [0.717, 1.165) is 23.3 Å². The summed E-state index contributed by atoms with van der Waals surface area (Å²) in [6.45, 7) is 4.50. The third kappa shape index (κ3) is 2.23. The average Bonchev–Trinajstić information content (AvgIpc) is 3.11. The lowest BCUT2D eigenvalue weighted by Crippen LogP contribution is -2.29. The molecule has 2 amide bonds. The molecular weight excluding hydrogens is 276 g/mol. The molecule has 3 N–H and O–H groups in total. The van der Waals surface area contributed by atoms with Gasteiger partial charge in [-0.15, -0.1) is 11.3 Å². The minimum absolute atomic E-state index is 0.00942. The highest BCUT2D eigenvalue weighted by Gasteiger charge is 2.37. The second-order valence-electron chi connectivity index (χ2n) is 5.85. The summed E-state index contributed by atoms with van der Waals surface area (Å²) in [7, 11) is 0. The Labute approximate surface area is 121 Å². The van der Waals surface area contributed by atoms with Crippen LogP contribution in [0.5, 0.6) is 0 Å². The number of ether oxygens (including phenoxy) is 1. The van der Waals surface area contributed by atoms with Gasteiger partial charge in [0.1, 0.15) is 5.00 Å². The van der Waals surface area contributed by atoms with Gasteiger partial charge in [0.25, 0.3) is 5.91 Å². The highest BCUT2D eigenvalue weighted by atomic mass is 32.1. The summed E-state index contributed by atoms with van der Waals surface area (Å²) in [6.07, 6.45) is 2.52. The van der Waals surface area contributed by atoms with Crippen LogP contribution in [0.1, 0.15) is 47.5 Å². The first-order valence-corrected chi connectivity index (χ1v) is 7.62. The van der Waals surface area contributed by atoms with E-state index < -0.39 is 11.5 Å². The van der Waals surface area contributed by atoms with Crippen molar-refractivity contribution >= 4 is 28.2 Å². The van der Waals surface area contributed by atoms with E-state index in [1.807, 2.05) is 13.8 Å². The lowest BCUT2D eigenvalue weighted by atomic mass is 9.95. The van der Waals surface area contributed by atoms with Crippen molar-refractivity contribution in [1.82, 2.24) is 0 Å². The van der Waals surface area contributed by atoms with Crippen molar-refractivity contribution in [3.63, 3.8) is 0 Å². The first-order chi connectivity index (χ1) is 9.40. The summed E-state index contributed by atoms with van der Waals surface area (Å²) in [5, 5.41) is 3.45. The zero-order chi connectivity index (χ0) is 14.5. The van der Waals surface area contributed by atoms with Gasteiger partial charge in [-0.3, -0.25) is 9.59 Å². The Bertz CT molecular complexity index is 587. The molecule has 0 bridgehead atoms. The predicted octanol–water partition coefficient (Wildman–Crippen LogP) is 2.00. The van der Waals surface area contributed by atoms with Crippen molar-refractivity contribution in [3.8, 4) is 0 Å². The number of primary amides is 1. The molecule has 3 rings (SSSR count). The SMILES string of the molecule is CC1(C)OCCc2c1sc(NC(=O)C1CC1)c2C(N)=O. The van der Waals surface area contributed by atoms with Gasteiger partial charge in [-0.05, 0) is 38.7 Å². The smallest absolute Gasteiger partial charge is 0.251 e. The van der Waals surface area contributed by atoms with Crippen molar-refractivity contribution in [3.05, 3.63) is 16.0 Å². The number of carbonyl (C=O) groups excluding carboxylic acids is 2. The van der Waals surface area contributed by atoms with Gasteiger partial charge in [0, 0.05) is 10.8 Å². The molecule has 1 aliphatic heterocycles. The van der Waals surface area contributed by atoms with E-state index in [4.69, 9.17) is 10.5 Å². The fourth-order valence-corrected chi connectivity index (χ4v) is 3.89. The van der Waals surface area contributed by atoms with Crippen LogP contribution in [0.3, 0.4) is 0 Å². The van der Waals surface area contributed by atoms with Gasteiger partial charge in [-0.1, -0.05) is 0 Å². The van der Waals surface area contributed by atoms with E-state index >= 15 is 0 Å². The van der Waals surface area contributed by atoms with E-state index in [0.29, 0.717) is 23.6 Å². The predicted molar refractivity (Wildman–Crippen MR) is 76.9 cm³/mol. The van der Waals surface area contributed by atoms with Crippen LogP contribution in [0.25, 0.3) is 0 Å². The van der Waals surface area contributed by atoms with E-state index in [-0.39, 0.29) is 11.8 Å². The van der Waals surface area contributed by atoms with Gasteiger partial charge in [0.15, 0.2) is 0 Å². The van der Waals surface area contributed by atoms with Crippen LogP contribution in [-0.4, -0.2) is 18.4 Å². The number of hydrogen-bond acceptors (Lipinski definition) is 4. The molecule has 1 aliphatic carbocycles. The van der Waals surface area contributed by atoms with Crippen LogP contribution in [0.15, 0.2) is 0 Å². The van der Waals surface area contributed by atoms with E-state index in [1.165, 1.54) is 11.3 Å². The number of fused-ring (bicyclic) bond motifs is 1. The molecular formula is C14H18N2O3S. The highest BCUT2D eigenvalue weighted by Crippen LogP contribution is 2.44. The number of rotatable bonds is 3. The first kappa shape index (κ1) is 13.6.